The minimum Gasteiger partial charge on any atom is -0.480 e. The van der Waals surface area contributed by atoms with Crippen molar-refractivity contribution in [1.82, 2.24) is 10.6 Å². The first-order chi connectivity index (χ1) is 10.4. The molecule has 0 bridgehead atoms. The van der Waals surface area contributed by atoms with E-state index in [4.69, 9.17) is 9.84 Å². The third-order valence-corrected chi connectivity index (χ3v) is 1.78. The molecule has 0 saturated carbocycles. The second kappa shape index (κ2) is 12.7. The minimum absolute atomic E-state index is 0.502. The molecule has 7 heteroatoms. The van der Waals surface area contributed by atoms with Gasteiger partial charge in [-0.05, 0) is 34.6 Å². The molecule has 0 rings (SSSR count). The zero-order valence-corrected chi connectivity index (χ0v) is 16.0. The maximum atomic E-state index is 11.6. The first-order valence-electron chi connectivity index (χ1n) is 7.87. The molecule has 0 heterocycles. The fraction of sp³-hybridized carbons (Fsp3) is 0.812. The molecule has 0 aliphatic heterocycles. The minimum atomic E-state index is -1.25. The maximum Gasteiger partial charge on any atom is 0.408 e. The smallest absolute Gasteiger partial charge is 0.408 e. The lowest BCUT2D eigenvalue weighted by Gasteiger charge is -2.27. The van der Waals surface area contributed by atoms with Gasteiger partial charge < -0.3 is 20.5 Å². The Morgan fingerprint density at radius 2 is 1.39 bits per heavy atom. The number of carbonyl (C=O) groups excluding carboxylic acids is 2. The largest absolute Gasteiger partial charge is 0.480 e. The Balaban J connectivity index is -0.000000710. The maximum absolute atomic E-state index is 11.6. The van der Waals surface area contributed by atoms with Crippen LogP contribution < -0.4 is 10.6 Å². The average molecular weight is 334 g/mol. The summed E-state index contributed by atoms with van der Waals surface area (Å²) in [7, 11) is 0. The summed E-state index contributed by atoms with van der Waals surface area (Å²) in [6, 6.07) is 0. The second-order valence-corrected chi connectivity index (χ2v) is 6.04. The first-order valence-corrected chi connectivity index (χ1v) is 7.87. The van der Waals surface area contributed by atoms with Gasteiger partial charge in [0.05, 0.1) is 0 Å². The van der Waals surface area contributed by atoms with E-state index in [1.165, 1.54) is 20.3 Å². The highest BCUT2D eigenvalue weighted by Crippen LogP contribution is 2.09. The molecule has 7 nitrogen and oxygen atoms in total. The molecule has 0 unspecified atom stereocenters. The summed E-state index contributed by atoms with van der Waals surface area (Å²) in [5.74, 6) is -1.76. The molecule has 0 aromatic rings. The molecule has 0 fully saturated rings. The Kier molecular flexibility index (Phi) is 14.5. The van der Waals surface area contributed by atoms with E-state index in [1.54, 1.807) is 20.8 Å². The number of rotatable bonds is 4. The molecular weight excluding hydrogens is 300 g/mol. The van der Waals surface area contributed by atoms with E-state index in [0.29, 0.717) is 0 Å². The predicted octanol–water partition coefficient (Wildman–Crippen LogP) is 2.93. The first kappa shape index (κ1) is 26.1. The van der Waals surface area contributed by atoms with Gasteiger partial charge in [-0.3, -0.25) is 9.59 Å². The molecule has 0 spiro atoms. The third kappa shape index (κ3) is 18.2. The van der Waals surface area contributed by atoms with Gasteiger partial charge in [0.25, 0.3) is 0 Å². The number of amides is 2. The van der Waals surface area contributed by atoms with Gasteiger partial charge in [0, 0.05) is 0 Å². The van der Waals surface area contributed by atoms with Gasteiger partial charge in [0.1, 0.15) is 17.7 Å². The van der Waals surface area contributed by atoms with E-state index in [-0.39, 0.29) is 0 Å². The molecular formula is C16H34N2O5. The van der Waals surface area contributed by atoms with Gasteiger partial charge in [-0.1, -0.05) is 34.1 Å². The highest BCUT2D eigenvalue weighted by Gasteiger charge is 2.31. The average Bonchev–Trinajstić information content (AvgIpc) is 2.36. The van der Waals surface area contributed by atoms with E-state index in [9.17, 15) is 14.4 Å². The van der Waals surface area contributed by atoms with Crippen molar-refractivity contribution >= 4 is 18.0 Å². The van der Waals surface area contributed by atoms with Crippen LogP contribution in [-0.4, -0.2) is 40.8 Å². The fourth-order valence-corrected chi connectivity index (χ4v) is 0.992. The quantitative estimate of drug-likeness (QED) is 0.733. The van der Waals surface area contributed by atoms with Gasteiger partial charge in [-0.25, -0.2) is 4.79 Å². The highest BCUT2D eigenvalue weighted by atomic mass is 16.6. The Bertz CT molecular complexity index is 360. The predicted molar refractivity (Wildman–Crippen MR) is 91.4 cm³/mol. The van der Waals surface area contributed by atoms with E-state index >= 15 is 0 Å². The number of alkyl carbamates (subject to hydrolysis) is 1. The summed E-state index contributed by atoms with van der Waals surface area (Å²) in [5, 5.41) is 13.0. The van der Waals surface area contributed by atoms with Gasteiger partial charge in [-0.2, -0.15) is 0 Å². The molecule has 0 aliphatic rings. The van der Waals surface area contributed by atoms with Crippen molar-refractivity contribution in [3.05, 3.63) is 0 Å². The van der Waals surface area contributed by atoms with E-state index in [0.717, 1.165) is 0 Å². The van der Waals surface area contributed by atoms with Crippen molar-refractivity contribution in [3.8, 4) is 0 Å². The second-order valence-electron chi connectivity index (χ2n) is 6.04. The molecule has 138 valence electrons. The van der Waals surface area contributed by atoms with Crippen molar-refractivity contribution in [2.45, 2.75) is 79.9 Å². The number of carboxylic acids is 1. The normalized spacial score (nSPS) is 10.1. The Morgan fingerprint density at radius 1 is 1.00 bits per heavy atom. The molecule has 0 aliphatic carbocycles. The van der Waals surface area contributed by atoms with Crippen molar-refractivity contribution in [2.75, 3.05) is 6.54 Å². The number of ether oxygens (including phenoxy) is 1. The van der Waals surface area contributed by atoms with Gasteiger partial charge in [0.2, 0.25) is 5.91 Å². The standard InChI is InChI=1S/C11H20N2O5.C3H8.C2H6/c1-10(2,3)18-9(17)13-11(4,5)8(16)12-6-7(14)15;1-3-2;1-2/h6H2,1-5H3,(H,12,16)(H,13,17)(H,14,15);3H2,1-2H3;1-2H3. The van der Waals surface area contributed by atoms with Crippen LogP contribution in [0.1, 0.15) is 68.7 Å². The Labute approximate surface area is 140 Å². The summed E-state index contributed by atoms with van der Waals surface area (Å²) in [5.41, 5.74) is -1.92. The van der Waals surface area contributed by atoms with Crippen LogP contribution in [0, 0.1) is 0 Å². The number of carbonyl (C=O) groups is 3. The molecule has 0 atom stereocenters. The number of hydrogen-bond acceptors (Lipinski definition) is 4. The summed E-state index contributed by atoms with van der Waals surface area (Å²) < 4.78 is 5.00. The van der Waals surface area contributed by atoms with E-state index in [1.807, 2.05) is 13.8 Å². The number of nitrogens with one attached hydrogen (secondary N) is 2. The van der Waals surface area contributed by atoms with Crippen LogP contribution in [0.4, 0.5) is 4.79 Å². The van der Waals surface area contributed by atoms with Crippen LogP contribution in [0.25, 0.3) is 0 Å². The van der Waals surface area contributed by atoms with Crippen LogP contribution >= 0.6 is 0 Å². The van der Waals surface area contributed by atoms with Crippen molar-refractivity contribution in [1.29, 1.82) is 0 Å². The van der Waals surface area contributed by atoms with Gasteiger partial charge in [-0.15, -0.1) is 0 Å². The molecule has 0 saturated heterocycles. The van der Waals surface area contributed by atoms with E-state index < -0.39 is 35.7 Å². The van der Waals surface area contributed by atoms with Crippen LogP contribution in [0.2, 0.25) is 0 Å². The number of aliphatic carboxylic acids is 1. The lowest BCUT2D eigenvalue weighted by Crippen LogP contribution is -2.56. The van der Waals surface area contributed by atoms with E-state index in [2.05, 4.69) is 24.5 Å². The Morgan fingerprint density at radius 3 is 1.70 bits per heavy atom. The third-order valence-electron chi connectivity index (χ3n) is 1.78. The number of carboxylic acid groups (broad SMARTS) is 1. The van der Waals surface area contributed by atoms with Crippen molar-refractivity contribution in [2.24, 2.45) is 0 Å². The summed E-state index contributed by atoms with van der Waals surface area (Å²) >= 11 is 0. The highest BCUT2D eigenvalue weighted by molar-refractivity contribution is 5.91. The van der Waals surface area contributed by atoms with Crippen molar-refractivity contribution < 1.29 is 24.2 Å². The molecule has 23 heavy (non-hydrogen) atoms. The zero-order valence-electron chi connectivity index (χ0n) is 16.0. The fourth-order valence-electron chi connectivity index (χ4n) is 0.992. The topological polar surface area (TPSA) is 105 Å². The van der Waals surface area contributed by atoms with Gasteiger partial charge in [0.15, 0.2) is 0 Å². The van der Waals surface area contributed by atoms with Crippen LogP contribution in [0.3, 0.4) is 0 Å². The monoisotopic (exact) mass is 334 g/mol. The van der Waals surface area contributed by atoms with Crippen LogP contribution in [-0.2, 0) is 14.3 Å². The molecule has 0 radical (unpaired) electrons. The SMILES string of the molecule is CC.CC(C)(C)OC(=O)NC(C)(C)C(=O)NCC(=O)O.CCC. The molecule has 0 aromatic carbocycles. The zero-order chi connectivity index (χ0) is 19.3. The summed E-state index contributed by atoms with van der Waals surface area (Å²) in [6.45, 7) is 15.7. The van der Waals surface area contributed by atoms with Gasteiger partial charge >= 0.3 is 12.1 Å². The lowest BCUT2D eigenvalue weighted by atomic mass is 10.1. The van der Waals surface area contributed by atoms with Crippen LogP contribution in [0.15, 0.2) is 0 Å². The van der Waals surface area contributed by atoms with Crippen LogP contribution in [0.5, 0.6) is 0 Å². The number of hydrogen-bond donors (Lipinski definition) is 3. The molecule has 2 amide bonds. The molecule has 3 N–H and O–H groups in total. The molecule has 0 aromatic heterocycles. The summed E-state index contributed by atoms with van der Waals surface area (Å²) in [4.78, 5) is 33.4. The summed E-state index contributed by atoms with van der Waals surface area (Å²) in [6.07, 6.45) is 0.512. The van der Waals surface area contributed by atoms with Crippen molar-refractivity contribution in [3.63, 3.8) is 0 Å². The lowest BCUT2D eigenvalue weighted by molar-refractivity contribution is -0.138. The Hall–Kier alpha value is -1.79.